The Labute approximate surface area is 215 Å². The first-order chi connectivity index (χ1) is 17.9. The van der Waals surface area contributed by atoms with Crippen molar-refractivity contribution in [3.05, 3.63) is 95.4 Å². The number of nitrogens with one attached hydrogen (secondary N) is 3. The predicted octanol–water partition coefficient (Wildman–Crippen LogP) is 5.68. The number of fused-ring (bicyclic) bond motifs is 1. The van der Waals surface area contributed by atoms with Gasteiger partial charge < -0.3 is 20.4 Å². The highest BCUT2D eigenvalue weighted by atomic mass is 19.1. The van der Waals surface area contributed by atoms with E-state index in [1.54, 1.807) is 25.2 Å². The molecular formula is C30H30FN3O3. The van der Waals surface area contributed by atoms with Crippen LogP contribution in [0.4, 0.5) is 4.39 Å². The summed E-state index contributed by atoms with van der Waals surface area (Å²) in [6.45, 7) is 6.51. The number of amides is 2. The Morgan fingerprint density at radius 2 is 1.73 bits per heavy atom. The van der Waals surface area contributed by atoms with Crippen LogP contribution in [0.5, 0.6) is 0 Å². The van der Waals surface area contributed by atoms with Crippen LogP contribution in [0.1, 0.15) is 39.6 Å². The zero-order valence-corrected chi connectivity index (χ0v) is 21.2. The van der Waals surface area contributed by atoms with E-state index in [1.165, 1.54) is 12.1 Å². The van der Waals surface area contributed by atoms with E-state index >= 15 is 0 Å². The highest BCUT2D eigenvalue weighted by Crippen LogP contribution is 2.38. The van der Waals surface area contributed by atoms with E-state index in [2.05, 4.69) is 22.5 Å². The maximum atomic E-state index is 13.6. The normalized spacial score (nSPS) is 10.9. The molecule has 4 rings (SSSR count). The summed E-state index contributed by atoms with van der Waals surface area (Å²) < 4.78 is 19.8. The Balaban J connectivity index is 1.91. The second-order valence-corrected chi connectivity index (χ2v) is 8.74. The van der Waals surface area contributed by atoms with Crippen molar-refractivity contribution in [2.24, 2.45) is 0 Å². The molecule has 1 heterocycles. The molecule has 0 atom stereocenters. The van der Waals surface area contributed by atoms with Crippen molar-refractivity contribution >= 4 is 22.8 Å². The second-order valence-electron chi connectivity index (χ2n) is 8.74. The van der Waals surface area contributed by atoms with Crippen molar-refractivity contribution < 1.29 is 18.4 Å². The van der Waals surface area contributed by atoms with E-state index in [4.69, 9.17) is 4.42 Å². The first-order valence-electron chi connectivity index (χ1n) is 12.2. The van der Waals surface area contributed by atoms with Gasteiger partial charge in [0, 0.05) is 29.3 Å². The SMILES string of the molecule is C=C(CC)NC(=O)c1cccc(-c2cc3c(C(=O)NC)c(-c4ccc(F)cc4)oc3cc2CCNC)c1. The monoisotopic (exact) mass is 499 g/mol. The van der Waals surface area contributed by atoms with Crippen LogP contribution < -0.4 is 16.0 Å². The van der Waals surface area contributed by atoms with Crippen LogP contribution in [0.3, 0.4) is 0 Å². The molecule has 0 spiro atoms. The van der Waals surface area contributed by atoms with E-state index in [0.717, 1.165) is 23.2 Å². The Hall–Kier alpha value is -4.23. The van der Waals surface area contributed by atoms with Gasteiger partial charge in [0.2, 0.25) is 0 Å². The molecule has 0 unspecified atom stereocenters. The number of allylic oxidation sites excluding steroid dienone is 1. The third-order valence-corrected chi connectivity index (χ3v) is 6.27. The summed E-state index contributed by atoms with van der Waals surface area (Å²) in [7, 11) is 3.44. The topological polar surface area (TPSA) is 83.4 Å². The Morgan fingerprint density at radius 1 is 0.973 bits per heavy atom. The number of hydrogen-bond donors (Lipinski definition) is 3. The summed E-state index contributed by atoms with van der Waals surface area (Å²) >= 11 is 0. The molecule has 0 saturated carbocycles. The average molecular weight is 500 g/mol. The number of carbonyl (C=O) groups is 2. The van der Waals surface area contributed by atoms with Gasteiger partial charge in [0.1, 0.15) is 17.2 Å². The van der Waals surface area contributed by atoms with Crippen molar-refractivity contribution in [3.8, 4) is 22.5 Å². The quantitative estimate of drug-likeness (QED) is 0.277. The first-order valence-corrected chi connectivity index (χ1v) is 12.2. The lowest BCUT2D eigenvalue weighted by Gasteiger charge is -2.13. The Kier molecular flexibility index (Phi) is 7.84. The van der Waals surface area contributed by atoms with E-state index < -0.39 is 0 Å². The second kappa shape index (κ2) is 11.2. The van der Waals surface area contributed by atoms with Gasteiger partial charge in [0.05, 0.1) is 5.56 Å². The minimum atomic E-state index is -0.371. The Bertz CT molecular complexity index is 1470. The van der Waals surface area contributed by atoms with E-state index in [0.29, 0.717) is 52.0 Å². The number of carbonyl (C=O) groups excluding carboxylic acids is 2. The standard InChI is InChI=1S/C30H30FN3O3/c1-5-18(2)34-29(35)22-8-6-7-20(15-22)24-17-25-26(16-21(24)13-14-32-3)37-28(27(25)30(36)33-4)19-9-11-23(31)12-10-19/h6-12,15-17,32H,2,5,13-14H2,1,3-4H3,(H,33,36)(H,34,35). The van der Waals surface area contributed by atoms with Gasteiger partial charge in [0.25, 0.3) is 11.8 Å². The van der Waals surface area contributed by atoms with Crippen molar-refractivity contribution in [1.82, 2.24) is 16.0 Å². The Morgan fingerprint density at radius 3 is 2.41 bits per heavy atom. The molecular weight excluding hydrogens is 469 g/mol. The van der Waals surface area contributed by atoms with Crippen molar-refractivity contribution in [2.45, 2.75) is 19.8 Å². The average Bonchev–Trinajstić information content (AvgIpc) is 3.29. The summed E-state index contributed by atoms with van der Waals surface area (Å²) in [5.74, 6) is -0.528. The number of rotatable bonds is 9. The van der Waals surface area contributed by atoms with Crippen LogP contribution in [0.25, 0.3) is 33.4 Å². The van der Waals surface area contributed by atoms with Gasteiger partial charge in [-0.2, -0.15) is 0 Å². The highest BCUT2D eigenvalue weighted by Gasteiger charge is 2.23. The fourth-order valence-electron chi connectivity index (χ4n) is 4.22. The molecule has 37 heavy (non-hydrogen) atoms. The highest BCUT2D eigenvalue weighted by molar-refractivity contribution is 6.12. The fourth-order valence-corrected chi connectivity index (χ4v) is 4.22. The molecule has 0 aliphatic heterocycles. The number of benzene rings is 3. The van der Waals surface area contributed by atoms with Crippen molar-refractivity contribution in [3.63, 3.8) is 0 Å². The van der Waals surface area contributed by atoms with Gasteiger partial charge in [-0.15, -0.1) is 0 Å². The summed E-state index contributed by atoms with van der Waals surface area (Å²) in [5.41, 5.74) is 5.42. The van der Waals surface area contributed by atoms with Crippen LogP contribution in [0, 0.1) is 5.82 Å². The zero-order chi connectivity index (χ0) is 26.5. The van der Waals surface area contributed by atoms with Gasteiger partial charge in [-0.1, -0.05) is 25.6 Å². The minimum Gasteiger partial charge on any atom is -0.455 e. The summed E-state index contributed by atoms with van der Waals surface area (Å²) in [4.78, 5) is 25.8. The number of likely N-dealkylation sites (N-methyl/N-ethyl adjacent to an activating group) is 1. The number of hydrogen-bond acceptors (Lipinski definition) is 4. The van der Waals surface area contributed by atoms with E-state index in [-0.39, 0.29) is 17.6 Å². The summed E-state index contributed by atoms with van der Waals surface area (Å²) in [5, 5.41) is 9.32. The molecule has 3 N–H and O–H groups in total. The van der Waals surface area contributed by atoms with Gasteiger partial charge in [-0.05, 0) is 91.7 Å². The first kappa shape index (κ1) is 25.9. The predicted molar refractivity (Wildman–Crippen MR) is 145 cm³/mol. The van der Waals surface area contributed by atoms with Crippen LogP contribution in [-0.2, 0) is 6.42 Å². The lowest BCUT2D eigenvalue weighted by molar-refractivity contribution is 0.0956. The number of halogens is 1. The lowest BCUT2D eigenvalue weighted by atomic mass is 9.93. The molecule has 2 amide bonds. The molecule has 1 aromatic heterocycles. The lowest BCUT2D eigenvalue weighted by Crippen LogP contribution is -2.21. The molecule has 3 aromatic carbocycles. The number of furan rings is 1. The van der Waals surface area contributed by atoms with Crippen LogP contribution in [-0.4, -0.2) is 32.5 Å². The van der Waals surface area contributed by atoms with Crippen LogP contribution in [0.15, 0.2) is 77.4 Å². The molecule has 6 nitrogen and oxygen atoms in total. The maximum absolute atomic E-state index is 13.6. The molecule has 0 aliphatic carbocycles. The molecule has 0 aliphatic rings. The maximum Gasteiger partial charge on any atom is 0.255 e. The third kappa shape index (κ3) is 5.47. The van der Waals surface area contributed by atoms with Gasteiger partial charge >= 0.3 is 0 Å². The molecule has 0 radical (unpaired) electrons. The fraction of sp³-hybridized carbons (Fsp3) is 0.200. The van der Waals surface area contributed by atoms with Gasteiger partial charge in [-0.25, -0.2) is 4.39 Å². The van der Waals surface area contributed by atoms with Gasteiger partial charge in [0.15, 0.2) is 0 Å². The largest absolute Gasteiger partial charge is 0.455 e. The molecule has 4 aromatic rings. The van der Waals surface area contributed by atoms with E-state index in [1.807, 2.05) is 44.3 Å². The van der Waals surface area contributed by atoms with Crippen molar-refractivity contribution in [1.29, 1.82) is 0 Å². The van der Waals surface area contributed by atoms with Crippen molar-refractivity contribution in [2.75, 3.05) is 20.6 Å². The summed E-state index contributed by atoms with van der Waals surface area (Å²) in [6, 6.07) is 17.1. The van der Waals surface area contributed by atoms with E-state index in [9.17, 15) is 14.0 Å². The third-order valence-electron chi connectivity index (χ3n) is 6.27. The summed E-state index contributed by atoms with van der Waals surface area (Å²) in [6.07, 6.45) is 1.35. The van der Waals surface area contributed by atoms with Crippen LogP contribution >= 0.6 is 0 Å². The smallest absolute Gasteiger partial charge is 0.255 e. The molecule has 7 heteroatoms. The molecule has 190 valence electrons. The zero-order valence-electron chi connectivity index (χ0n) is 21.2. The van der Waals surface area contributed by atoms with Crippen LogP contribution in [0.2, 0.25) is 0 Å². The van der Waals surface area contributed by atoms with Gasteiger partial charge in [-0.3, -0.25) is 9.59 Å². The molecule has 0 fully saturated rings. The minimum absolute atomic E-state index is 0.223. The molecule has 0 bridgehead atoms. The molecule has 0 saturated heterocycles.